The molecule has 1 atom stereocenters. The summed E-state index contributed by atoms with van der Waals surface area (Å²) in [7, 11) is 1.56. The van der Waals surface area contributed by atoms with Crippen molar-refractivity contribution in [1.29, 1.82) is 0 Å². The second kappa shape index (κ2) is 6.38. The van der Waals surface area contributed by atoms with Crippen LogP contribution in [0.25, 0.3) is 0 Å². The summed E-state index contributed by atoms with van der Waals surface area (Å²) >= 11 is 0. The van der Waals surface area contributed by atoms with Crippen LogP contribution in [0, 0.1) is 0 Å². The number of carboxylic acids is 1. The first-order chi connectivity index (χ1) is 9.61. The summed E-state index contributed by atoms with van der Waals surface area (Å²) in [6.07, 6.45) is 0.154. The van der Waals surface area contributed by atoms with Crippen molar-refractivity contribution in [1.82, 2.24) is 4.90 Å². The first-order valence-electron chi connectivity index (χ1n) is 6.35. The van der Waals surface area contributed by atoms with Gasteiger partial charge < -0.3 is 19.5 Å². The Bertz CT molecular complexity index is 502. The maximum Gasteiger partial charge on any atom is 0.328 e. The monoisotopic (exact) mass is 279 g/mol. The zero-order valence-corrected chi connectivity index (χ0v) is 11.2. The highest BCUT2D eigenvalue weighted by atomic mass is 16.5. The molecule has 108 valence electrons. The fourth-order valence-electron chi connectivity index (χ4n) is 2.17. The lowest BCUT2D eigenvalue weighted by atomic mass is 10.1. The summed E-state index contributed by atoms with van der Waals surface area (Å²) in [5.74, 6) is -0.579. The van der Waals surface area contributed by atoms with Gasteiger partial charge in [0.25, 0.3) is 0 Å². The van der Waals surface area contributed by atoms with E-state index in [0.717, 1.165) is 5.56 Å². The van der Waals surface area contributed by atoms with Crippen LogP contribution in [0.2, 0.25) is 0 Å². The highest BCUT2D eigenvalue weighted by molar-refractivity contribution is 5.85. The molecule has 20 heavy (non-hydrogen) atoms. The summed E-state index contributed by atoms with van der Waals surface area (Å²) < 4.78 is 10.2. The molecule has 6 nitrogen and oxygen atoms in total. The van der Waals surface area contributed by atoms with Crippen molar-refractivity contribution in [3.63, 3.8) is 0 Å². The molecule has 1 unspecified atom stereocenters. The molecular formula is C14H17NO5. The highest BCUT2D eigenvalue weighted by Crippen LogP contribution is 2.15. The Kier molecular flexibility index (Phi) is 4.57. The van der Waals surface area contributed by atoms with Gasteiger partial charge in [-0.3, -0.25) is 4.79 Å². The maximum absolute atomic E-state index is 12.2. The zero-order chi connectivity index (χ0) is 14.5. The van der Waals surface area contributed by atoms with Crippen molar-refractivity contribution < 1.29 is 24.2 Å². The summed E-state index contributed by atoms with van der Waals surface area (Å²) in [5.41, 5.74) is 0.796. The predicted octanol–water partition coefficient (Wildman–Crippen LogP) is 0.550. The Balaban J connectivity index is 2.07. The number of nitrogens with zero attached hydrogens (tertiary/aromatic N) is 1. The first-order valence-corrected chi connectivity index (χ1v) is 6.35. The maximum atomic E-state index is 12.2. The van der Waals surface area contributed by atoms with Gasteiger partial charge in [0, 0.05) is 6.54 Å². The van der Waals surface area contributed by atoms with Crippen molar-refractivity contribution in [2.24, 2.45) is 0 Å². The van der Waals surface area contributed by atoms with E-state index in [-0.39, 0.29) is 18.9 Å². The molecule has 1 fully saturated rings. The lowest BCUT2D eigenvalue weighted by Gasteiger charge is -2.32. The van der Waals surface area contributed by atoms with Crippen LogP contribution in [-0.2, 0) is 20.7 Å². The van der Waals surface area contributed by atoms with E-state index < -0.39 is 12.0 Å². The van der Waals surface area contributed by atoms with E-state index in [9.17, 15) is 9.59 Å². The van der Waals surface area contributed by atoms with E-state index in [1.54, 1.807) is 25.3 Å². The zero-order valence-electron chi connectivity index (χ0n) is 11.2. The molecule has 0 spiro atoms. The van der Waals surface area contributed by atoms with Crippen LogP contribution < -0.4 is 4.74 Å². The van der Waals surface area contributed by atoms with Gasteiger partial charge in [0.1, 0.15) is 5.75 Å². The van der Waals surface area contributed by atoms with Crippen molar-refractivity contribution in [2.75, 3.05) is 26.9 Å². The molecule has 1 N–H and O–H groups in total. The summed E-state index contributed by atoms with van der Waals surface area (Å²) in [6.45, 7) is 0.715. The molecule has 1 heterocycles. The molecule has 0 radical (unpaired) electrons. The molecule has 1 aliphatic rings. The lowest BCUT2D eigenvalue weighted by Crippen LogP contribution is -2.53. The molecule has 0 bridgehead atoms. The predicted molar refractivity (Wildman–Crippen MR) is 70.7 cm³/mol. The normalized spacial score (nSPS) is 18.6. The fourth-order valence-corrected chi connectivity index (χ4v) is 2.17. The van der Waals surface area contributed by atoms with Crippen LogP contribution in [0.3, 0.4) is 0 Å². The van der Waals surface area contributed by atoms with Crippen LogP contribution in [0.4, 0.5) is 0 Å². The summed E-state index contributed by atoms with van der Waals surface area (Å²) in [4.78, 5) is 24.7. The van der Waals surface area contributed by atoms with Crippen LogP contribution >= 0.6 is 0 Å². The number of methoxy groups -OCH3 is 1. The minimum absolute atomic E-state index is 0.0409. The molecule has 0 aliphatic carbocycles. The summed E-state index contributed by atoms with van der Waals surface area (Å²) in [6, 6.07) is 6.28. The number of morpholine rings is 1. The Hall–Kier alpha value is -2.08. The summed E-state index contributed by atoms with van der Waals surface area (Å²) in [5, 5.41) is 9.11. The smallest absolute Gasteiger partial charge is 0.328 e. The van der Waals surface area contributed by atoms with Crippen molar-refractivity contribution in [2.45, 2.75) is 12.5 Å². The van der Waals surface area contributed by atoms with E-state index in [1.165, 1.54) is 4.90 Å². The van der Waals surface area contributed by atoms with E-state index in [0.29, 0.717) is 18.9 Å². The second-order valence-electron chi connectivity index (χ2n) is 4.54. The van der Waals surface area contributed by atoms with Crippen molar-refractivity contribution in [3.8, 4) is 5.75 Å². The number of carbonyl (C=O) groups is 2. The van der Waals surface area contributed by atoms with Crippen LogP contribution in [0.5, 0.6) is 5.75 Å². The van der Waals surface area contributed by atoms with Gasteiger partial charge in [-0.05, 0) is 17.7 Å². The molecule has 1 aromatic carbocycles. The molecular weight excluding hydrogens is 262 g/mol. The van der Waals surface area contributed by atoms with Gasteiger partial charge >= 0.3 is 5.97 Å². The molecule has 6 heteroatoms. The number of hydrogen-bond donors (Lipinski definition) is 1. The third kappa shape index (κ3) is 3.27. The third-order valence-electron chi connectivity index (χ3n) is 3.22. The number of carboxylic acid groups (broad SMARTS) is 1. The van der Waals surface area contributed by atoms with E-state index in [4.69, 9.17) is 14.6 Å². The van der Waals surface area contributed by atoms with Gasteiger partial charge in [-0.2, -0.15) is 0 Å². The highest BCUT2D eigenvalue weighted by Gasteiger charge is 2.32. The van der Waals surface area contributed by atoms with Gasteiger partial charge in [0.2, 0.25) is 5.91 Å². The number of rotatable bonds is 4. The number of ether oxygens (including phenoxy) is 2. The molecule has 1 aromatic rings. The van der Waals surface area contributed by atoms with Gasteiger partial charge in [-0.25, -0.2) is 4.79 Å². The number of amides is 1. The third-order valence-corrected chi connectivity index (χ3v) is 3.22. The van der Waals surface area contributed by atoms with Crippen LogP contribution in [0.1, 0.15) is 5.56 Å². The van der Waals surface area contributed by atoms with Gasteiger partial charge in [-0.15, -0.1) is 0 Å². The number of benzene rings is 1. The Morgan fingerprint density at radius 2 is 2.30 bits per heavy atom. The molecule has 1 amide bonds. The SMILES string of the molecule is COc1cccc(CC(=O)N2CCOCC2C(=O)O)c1. The molecule has 2 rings (SSSR count). The first kappa shape index (κ1) is 14.3. The molecule has 1 aliphatic heterocycles. The number of hydrogen-bond acceptors (Lipinski definition) is 4. The fraction of sp³-hybridized carbons (Fsp3) is 0.429. The second-order valence-corrected chi connectivity index (χ2v) is 4.54. The van der Waals surface area contributed by atoms with Gasteiger partial charge in [0.05, 0.1) is 26.7 Å². The average Bonchev–Trinajstić information content (AvgIpc) is 2.47. The van der Waals surface area contributed by atoms with Gasteiger partial charge in [-0.1, -0.05) is 12.1 Å². The largest absolute Gasteiger partial charge is 0.497 e. The molecule has 0 saturated carbocycles. The van der Waals surface area contributed by atoms with Crippen LogP contribution in [0.15, 0.2) is 24.3 Å². The lowest BCUT2D eigenvalue weighted by molar-refractivity contribution is -0.158. The van der Waals surface area contributed by atoms with Crippen molar-refractivity contribution in [3.05, 3.63) is 29.8 Å². The number of carbonyl (C=O) groups excluding carboxylic acids is 1. The van der Waals surface area contributed by atoms with E-state index in [2.05, 4.69) is 0 Å². The topological polar surface area (TPSA) is 76.1 Å². The molecule has 0 aromatic heterocycles. The molecule has 1 saturated heterocycles. The van der Waals surface area contributed by atoms with E-state index in [1.807, 2.05) is 6.07 Å². The standard InChI is InChI=1S/C14H17NO5/c1-19-11-4-2-3-10(7-11)8-13(16)15-5-6-20-9-12(15)14(17)18/h2-4,7,12H,5-6,8-9H2,1H3,(H,17,18). The number of aliphatic carboxylic acids is 1. The van der Waals surface area contributed by atoms with Crippen LogP contribution in [-0.4, -0.2) is 54.8 Å². The van der Waals surface area contributed by atoms with Gasteiger partial charge in [0.15, 0.2) is 6.04 Å². The minimum Gasteiger partial charge on any atom is -0.497 e. The quantitative estimate of drug-likeness (QED) is 0.871. The minimum atomic E-state index is -1.04. The Morgan fingerprint density at radius 1 is 1.50 bits per heavy atom. The Morgan fingerprint density at radius 3 is 3.00 bits per heavy atom. The Labute approximate surface area is 116 Å². The van der Waals surface area contributed by atoms with Crippen molar-refractivity contribution >= 4 is 11.9 Å². The average molecular weight is 279 g/mol. The van der Waals surface area contributed by atoms with E-state index >= 15 is 0 Å².